The molecule has 98 valence electrons. The Hall–Kier alpha value is -0.710. The minimum Gasteiger partial charge on any atom is -0.481 e. The van der Waals surface area contributed by atoms with Crippen LogP contribution >= 0.6 is 11.8 Å². The van der Waals surface area contributed by atoms with Crippen LogP contribution < -0.4 is 5.32 Å². The lowest BCUT2D eigenvalue weighted by molar-refractivity contribution is -0.146. The molecule has 0 spiro atoms. The maximum absolute atomic E-state index is 11.9. The third kappa shape index (κ3) is 4.22. The first-order valence-electron chi connectivity index (χ1n) is 6.05. The van der Waals surface area contributed by atoms with Crippen molar-refractivity contribution in [1.82, 2.24) is 5.32 Å². The largest absolute Gasteiger partial charge is 0.481 e. The standard InChI is InChI=1S/C12H21NO3S/c1-8(7-17-2)6-13-11(14)9-4-3-5-10(9)12(15)16/h8-10H,3-7H2,1-2H3,(H,13,14)(H,15,16)/t8?,9-,10+/m1/s1. The molecule has 0 radical (unpaired) electrons. The summed E-state index contributed by atoms with van der Waals surface area (Å²) in [6.45, 7) is 2.72. The monoisotopic (exact) mass is 259 g/mol. The average Bonchev–Trinajstić information content (AvgIpc) is 2.75. The van der Waals surface area contributed by atoms with Gasteiger partial charge in [0.25, 0.3) is 0 Å². The van der Waals surface area contributed by atoms with Crippen LogP contribution in [0, 0.1) is 17.8 Å². The van der Waals surface area contributed by atoms with E-state index >= 15 is 0 Å². The molecule has 5 heteroatoms. The molecular formula is C12H21NO3S. The van der Waals surface area contributed by atoms with Gasteiger partial charge in [-0.05, 0) is 30.8 Å². The van der Waals surface area contributed by atoms with E-state index in [1.54, 1.807) is 11.8 Å². The number of carboxylic acid groups (broad SMARTS) is 1. The molecule has 0 heterocycles. The molecule has 0 aliphatic heterocycles. The van der Waals surface area contributed by atoms with Gasteiger partial charge in [0.1, 0.15) is 0 Å². The maximum Gasteiger partial charge on any atom is 0.307 e. The summed E-state index contributed by atoms with van der Waals surface area (Å²) in [6.07, 6.45) is 4.22. The molecule has 1 unspecified atom stereocenters. The number of thioether (sulfide) groups is 1. The lowest BCUT2D eigenvalue weighted by Gasteiger charge is -2.17. The number of hydrogen-bond acceptors (Lipinski definition) is 3. The molecule has 1 aliphatic carbocycles. The van der Waals surface area contributed by atoms with Crippen LogP contribution in [0.1, 0.15) is 26.2 Å². The second-order valence-corrected chi connectivity index (χ2v) is 5.70. The molecule has 1 saturated carbocycles. The smallest absolute Gasteiger partial charge is 0.307 e. The van der Waals surface area contributed by atoms with Crippen LogP contribution in [-0.4, -0.2) is 35.5 Å². The third-order valence-electron chi connectivity index (χ3n) is 3.25. The Bertz CT molecular complexity index is 283. The van der Waals surface area contributed by atoms with Crippen LogP contribution in [-0.2, 0) is 9.59 Å². The Morgan fingerprint density at radius 2 is 2.06 bits per heavy atom. The highest BCUT2D eigenvalue weighted by molar-refractivity contribution is 7.98. The van der Waals surface area contributed by atoms with Crippen molar-refractivity contribution in [3.63, 3.8) is 0 Å². The van der Waals surface area contributed by atoms with Crippen molar-refractivity contribution in [1.29, 1.82) is 0 Å². The summed E-state index contributed by atoms with van der Waals surface area (Å²) >= 11 is 1.75. The zero-order valence-corrected chi connectivity index (χ0v) is 11.3. The van der Waals surface area contributed by atoms with Gasteiger partial charge in [-0.1, -0.05) is 13.3 Å². The number of aliphatic carboxylic acids is 1. The number of carboxylic acids is 1. The van der Waals surface area contributed by atoms with Gasteiger partial charge >= 0.3 is 5.97 Å². The summed E-state index contributed by atoms with van der Waals surface area (Å²) in [7, 11) is 0. The normalized spacial score (nSPS) is 25.5. The minimum absolute atomic E-state index is 0.0807. The van der Waals surface area contributed by atoms with Crippen molar-refractivity contribution in [3.05, 3.63) is 0 Å². The maximum atomic E-state index is 11.9. The van der Waals surface area contributed by atoms with Gasteiger partial charge in [-0.15, -0.1) is 0 Å². The summed E-state index contributed by atoms with van der Waals surface area (Å²) in [4.78, 5) is 22.9. The van der Waals surface area contributed by atoms with Gasteiger partial charge in [0.15, 0.2) is 0 Å². The SMILES string of the molecule is CSCC(C)CNC(=O)[C@@H]1CCC[C@@H]1C(=O)O. The van der Waals surface area contributed by atoms with Crippen molar-refractivity contribution < 1.29 is 14.7 Å². The van der Waals surface area contributed by atoms with Crippen LogP contribution in [0.4, 0.5) is 0 Å². The molecule has 0 saturated heterocycles. The lowest BCUT2D eigenvalue weighted by atomic mass is 9.95. The van der Waals surface area contributed by atoms with Crippen molar-refractivity contribution in [2.24, 2.45) is 17.8 Å². The molecule has 1 amide bonds. The molecule has 0 aromatic carbocycles. The molecular weight excluding hydrogens is 238 g/mol. The molecule has 3 atom stereocenters. The fourth-order valence-corrected chi connectivity index (χ4v) is 3.01. The first-order chi connectivity index (χ1) is 8.06. The van der Waals surface area contributed by atoms with Gasteiger partial charge in [0.2, 0.25) is 5.91 Å². The number of carbonyl (C=O) groups is 2. The molecule has 0 bridgehead atoms. The molecule has 1 rings (SSSR count). The van der Waals surface area contributed by atoms with Gasteiger partial charge in [-0.2, -0.15) is 11.8 Å². The number of nitrogens with one attached hydrogen (secondary N) is 1. The van der Waals surface area contributed by atoms with Gasteiger partial charge in [0.05, 0.1) is 11.8 Å². The quantitative estimate of drug-likeness (QED) is 0.760. The molecule has 2 N–H and O–H groups in total. The van der Waals surface area contributed by atoms with Crippen molar-refractivity contribution in [3.8, 4) is 0 Å². The van der Waals surface area contributed by atoms with Crippen LogP contribution in [0.25, 0.3) is 0 Å². The van der Waals surface area contributed by atoms with Gasteiger partial charge in [-0.25, -0.2) is 0 Å². The van der Waals surface area contributed by atoms with Gasteiger partial charge < -0.3 is 10.4 Å². The summed E-state index contributed by atoms with van der Waals surface area (Å²) in [5.74, 6) is -0.283. The van der Waals surface area contributed by atoms with E-state index in [4.69, 9.17) is 5.11 Å². The second kappa shape index (κ2) is 6.89. The first-order valence-corrected chi connectivity index (χ1v) is 7.45. The summed E-state index contributed by atoms with van der Waals surface area (Å²) in [5, 5.41) is 11.9. The van der Waals surface area contributed by atoms with Gasteiger partial charge in [-0.3, -0.25) is 9.59 Å². The highest BCUT2D eigenvalue weighted by Crippen LogP contribution is 2.32. The summed E-state index contributed by atoms with van der Waals surface area (Å²) < 4.78 is 0. The Labute approximate surface area is 107 Å². The molecule has 0 aromatic heterocycles. The molecule has 4 nitrogen and oxygen atoms in total. The zero-order valence-electron chi connectivity index (χ0n) is 10.4. The van der Waals surface area contributed by atoms with E-state index in [1.807, 2.05) is 6.26 Å². The van der Waals surface area contributed by atoms with E-state index in [1.165, 1.54) is 0 Å². The van der Waals surface area contributed by atoms with Crippen LogP contribution in [0.2, 0.25) is 0 Å². The van der Waals surface area contributed by atoms with Crippen LogP contribution in [0.3, 0.4) is 0 Å². The van der Waals surface area contributed by atoms with E-state index < -0.39 is 11.9 Å². The van der Waals surface area contributed by atoms with Crippen molar-refractivity contribution >= 4 is 23.6 Å². The summed E-state index contributed by atoms with van der Waals surface area (Å²) in [5.41, 5.74) is 0. The van der Waals surface area contributed by atoms with Crippen LogP contribution in [0.5, 0.6) is 0 Å². The molecule has 17 heavy (non-hydrogen) atoms. The summed E-state index contributed by atoms with van der Waals surface area (Å²) in [6, 6.07) is 0. The van der Waals surface area contributed by atoms with E-state index in [0.29, 0.717) is 25.3 Å². The Balaban J connectivity index is 2.39. The predicted octanol–water partition coefficient (Wildman–Crippen LogP) is 1.60. The topological polar surface area (TPSA) is 66.4 Å². The Morgan fingerprint density at radius 3 is 2.65 bits per heavy atom. The molecule has 1 aliphatic rings. The van der Waals surface area contributed by atoms with E-state index in [9.17, 15) is 9.59 Å². The van der Waals surface area contributed by atoms with E-state index in [0.717, 1.165) is 12.2 Å². The predicted molar refractivity (Wildman–Crippen MR) is 69.0 cm³/mol. The number of rotatable bonds is 6. The number of hydrogen-bond donors (Lipinski definition) is 2. The van der Waals surface area contributed by atoms with E-state index in [2.05, 4.69) is 12.2 Å². The van der Waals surface area contributed by atoms with Crippen molar-refractivity contribution in [2.45, 2.75) is 26.2 Å². The lowest BCUT2D eigenvalue weighted by Crippen LogP contribution is -2.37. The zero-order chi connectivity index (χ0) is 12.8. The highest BCUT2D eigenvalue weighted by Gasteiger charge is 2.37. The minimum atomic E-state index is -0.834. The Kier molecular flexibility index (Phi) is 5.82. The number of amides is 1. The third-order valence-corrected chi connectivity index (χ3v) is 4.15. The van der Waals surface area contributed by atoms with E-state index in [-0.39, 0.29) is 11.8 Å². The number of carbonyl (C=O) groups excluding carboxylic acids is 1. The fourth-order valence-electron chi connectivity index (χ4n) is 2.32. The molecule has 1 fully saturated rings. The highest BCUT2D eigenvalue weighted by atomic mass is 32.2. The van der Waals surface area contributed by atoms with Gasteiger partial charge in [0, 0.05) is 6.54 Å². The first kappa shape index (κ1) is 14.4. The second-order valence-electron chi connectivity index (χ2n) is 4.79. The fraction of sp³-hybridized carbons (Fsp3) is 0.833. The average molecular weight is 259 g/mol. The van der Waals surface area contributed by atoms with Crippen molar-refractivity contribution in [2.75, 3.05) is 18.6 Å². The molecule has 0 aromatic rings. The Morgan fingerprint density at radius 1 is 1.41 bits per heavy atom. The van der Waals surface area contributed by atoms with Crippen LogP contribution in [0.15, 0.2) is 0 Å².